The standard InChI is InChI=1S/C17H17F5O4/c1-5-25-15(23)14-11(8(2)16(3,26-14)17(20,21)22)9-6-7-10(18)12(19)13(9)24-4/h6-8H,5H2,1-4H3/t8-,16-/m0/s1. The van der Waals surface area contributed by atoms with Gasteiger partial charge in [0.05, 0.1) is 13.7 Å². The molecule has 9 heteroatoms. The number of halogens is 5. The van der Waals surface area contributed by atoms with Gasteiger partial charge >= 0.3 is 12.1 Å². The van der Waals surface area contributed by atoms with E-state index in [-0.39, 0.29) is 17.7 Å². The molecular formula is C17H17F5O4. The number of alkyl halides is 3. The molecule has 0 aliphatic carbocycles. The smallest absolute Gasteiger partial charge is 0.428 e. The van der Waals surface area contributed by atoms with Gasteiger partial charge in [0.25, 0.3) is 0 Å². The van der Waals surface area contributed by atoms with Crippen LogP contribution in [0.25, 0.3) is 5.57 Å². The molecule has 2 atom stereocenters. The minimum Gasteiger partial charge on any atom is -0.493 e. The van der Waals surface area contributed by atoms with Crippen LogP contribution in [0.4, 0.5) is 22.0 Å². The molecule has 2 rings (SSSR count). The molecule has 0 aromatic heterocycles. The van der Waals surface area contributed by atoms with Crippen molar-refractivity contribution in [3.05, 3.63) is 35.1 Å². The third kappa shape index (κ3) is 2.99. The summed E-state index contributed by atoms with van der Waals surface area (Å²) in [7, 11) is 1.04. The predicted molar refractivity (Wildman–Crippen MR) is 81.2 cm³/mol. The molecule has 144 valence electrons. The maximum atomic E-state index is 14.0. The van der Waals surface area contributed by atoms with Crippen molar-refractivity contribution in [1.82, 2.24) is 0 Å². The van der Waals surface area contributed by atoms with Crippen molar-refractivity contribution in [2.45, 2.75) is 32.5 Å². The second kappa shape index (κ2) is 6.77. The SMILES string of the molecule is CCOC(=O)C1=C(c2ccc(F)c(F)c2OC)[C@H](C)[C@@](C)(C(F)(F)F)O1. The van der Waals surface area contributed by atoms with E-state index in [2.05, 4.69) is 0 Å². The Morgan fingerprint density at radius 1 is 1.31 bits per heavy atom. The zero-order valence-corrected chi connectivity index (χ0v) is 14.5. The molecule has 0 bridgehead atoms. The highest BCUT2D eigenvalue weighted by Crippen LogP contribution is 2.53. The Morgan fingerprint density at radius 3 is 2.42 bits per heavy atom. The fourth-order valence-electron chi connectivity index (χ4n) is 2.78. The zero-order valence-electron chi connectivity index (χ0n) is 14.5. The Labute approximate surface area is 146 Å². The van der Waals surface area contributed by atoms with E-state index < -0.39 is 46.8 Å². The van der Waals surface area contributed by atoms with E-state index in [9.17, 15) is 26.7 Å². The number of rotatable bonds is 4. The number of carbonyl (C=O) groups is 1. The highest BCUT2D eigenvalue weighted by molar-refractivity contribution is 5.98. The van der Waals surface area contributed by atoms with Gasteiger partial charge in [-0.1, -0.05) is 6.92 Å². The molecule has 1 aliphatic rings. The molecule has 1 aromatic rings. The number of methoxy groups -OCH3 is 1. The molecule has 1 aromatic carbocycles. The third-order valence-corrected chi connectivity index (χ3v) is 4.39. The van der Waals surface area contributed by atoms with E-state index in [4.69, 9.17) is 14.2 Å². The molecule has 1 heterocycles. The summed E-state index contributed by atoms with van der Waals surface area (Å²) >= 11 is 0. The van der Waals surface area contributed by atoms with Gasteiger partial charge < -0.3 is 14.2 Å². The molecule has 0 spiro atoms. The predicted octanol–water partition coefficient (Wildman–Crippen LogP) is 4.23. The van der Waals surface area contributed by atoms with Crippen LogP contribution in [-0.4, -0.2) is 31.5 Å². The molecule has 0 fully saturated rings. The van der Waals surface area contributed by atoms with E-state index in [0.29, 0.717) is 0 Å². The van der Waals surface area contributed by atoms with Crippen molar-refractivity contribution < 1.29 is 41.0 Å². The van der Waals surface area contributed by atoms with E-state index in [1.807, 2.05) is 0 Å². The van der Waals surface area contributed by atoms with Crippen molar-refractivity contribution in [2.24, 2.45) is 5.92 Å². The first-order chi connectivity index (χ1) is 12.0. The van der Waals surface area contributed by atoms with Crippen LogP contribution >= 0.6 is 0 Å². The Kier molecular flexibility index (Phi) is 5.21. The van der Waals surface area contributed by atoms with Crippen molar-refractivity contribution in [2.75, 3.05) is 13.7 Å². The highest BCUT2D eigenvalue weighted by atomic mass is 19.4. The maximum Gasteiger partial charge on any atom is 0.428 e. The molecule has 1 aliphatic heterocycles. The number of benzene rings is 1. The number of ether oxygens (including phenoxy) is 3. The van der Waals surface area contributed by atoms with Crippen LogP contribution in [0.2, 0.25) is 0 Å². The largest absolute Gasteiger partial charge is 0.493 e. The zero-order chi connectivity index (χ0) is 19.9. The van der Waals surface area contributed by atoms with Crippen LogP contribution in [0.15, 0.2) is 17.9 Å². The Hall–Kier alpha value is -2.32. The lowest BCUT2D eigenvalue weighted by atomic mass is 9.82. The van der Waals surface area contributed by atoms with Crippen LogP contribution in [0.1, 0.15) is 26.3 Å². The molecule has 4 nitrogen and oxygen atoms in total. The summed E-state index contributed by atoms with van der Waals surface area (Å²) in [4.78, 5) is 12.2. The monoisotopic (exact) mass is 380 g/mol. The summed E-state index contributed by atoms with van der Waals surface area (Å²) in [6, 6.07) is 1.77. The van der Waals surface area contributed by atoms with Crippen LogP contribution < -0.4 is 4.74 Å². The quantitative estimate of drug-likeness (QED) is 0.579. The van der Waals surface area contributed by atoms with Gasteiger partial charge in [0, 0.05) is 17.1 Å². The molecular weight excluding hydrogens is 363 g/mol. The molecule has 0 saturated heterocycles. The minimum absolute atomic E-state index is 0.106. The van der Waals surface area contributed by atoms with E-state index in [1.165, 1.54) is 13.8 Å². The second-order valence-electron chi connectivity index (χ2n) is 5.83. The van der Waals surface area contributed by atoms with Gasteiger partial charge in [-0.05, 0) is 26.0 Å². The van der Waals surface area contributed by atoms with Crippen LogP contribution in [0, 0.1) is 17.6 Å². The van der Waals surface area contributed by atoms with Crippen molar-refractivity contribution in [3.8, 4) is 5.75 Å². The topological polar surface area (TPSA) is 44.8 Å². The van der Waals surface area contributed by atoms with E-state index in [0.717, 1.165) is 26.2 Å². The lowest BCUT2D eigenvalue weighted by Crippen LogP contribution is -2.47. The first kappa shape index (κ1) is 20.0. The summed E-state index contributed by atoms with van der Waals surface area (Å²) in [5, 5.41) is 0. The van der Waals surface area contributed by atoms with E-state index in [1.54, 1.807) is 0 Å². The lowest BCUT2D eigenvalue weighted by Gasteiger charge is -2.32. The minimum atomic E-state index is -4.84. The average molecular weight is 380 g/mol. The van der Waals surface area contributed by atoms with Crippen LogP contribution in [-0.2, 0) is 14.3 Å². The third-order valence-electron chi connectivity index (χ3n) is 4.39. The normalized spacial score (nSPS) is 23.0. The molecule has 26 heavy (non-hydrogen) atoms. The molecule has 0 N–H and O–H groups in total. The Bertz CT molecular complexity index is 756. The highest BCUT2D eigenvalue weighted by Gasteiger charge is 2.63. The number of hydrogen-bond donors (Lipinski definition) is 0. The number of esters is 1. The first-order valence-corrected chi connectivity index (χ1v) is 7.68. The van der Waals surface area contributed by atoms with Gasteiger partial charge in [-0.3, -0.25) is 0 Å². The van der Waals surface area contributed by atoms with Gasteiger partial charge in [-0.2, -0.15) is 17.6 Å². The summed E-state index contributed by atoms with van der Waals surface area (Å²) in [6.07, 6.45) is -4.84. The first-order valence-electron chi connectivity index (χ1n) is 7.68. The number of carbonyl (C=O) groups excluding carboxylic acids is 1. The lowest BCUT2D eigenvalue weighted by molar-refractivity contribution is -0.262. The summed E-state index contributed by atoms with van der Waals surface area (Å²) in [6.45, 7) is 3.31. The Morgan fingerprint density at radius 2 is 1.92 bits per heavy atom. The fraction of sp³-hybridized carbons (Fsp3) is 0.471. The molecule has 0 unspecified atom stereocenters. The maximum absolute atomic E-state index is 14.0. The second-order valence-corrected chi connectivity index (χ2v) is 5.83. The molecule has 0 amide bonds. The van der Waals surface area contributed by atoms with Gasteiger partial charge in [-0.25, -0.2) is 9.18 Å². The summed E-state index contributed by atoms with van der Waals surface area (Å²) < 4.78 is 82.8. The summed E-state index contributed by atoms with van der Waals surface area (Å²) in [5.41, 5.74) is -3.23. The van der Waals surface area contributed by atoms with Crippen LogP contribution in [0.5, 0.6) is 5.75 Å². The number of hydrogen-bond acceptors (Lipinski definition) is 4. The fourth-order valence-corrected chi connectivity index (χ4v) is 2.78. The average Bonchev–Trinajstić information content (AvgIpc) is 2.83. The van der Waals surface area contributed by atoms with Crippen molar-refractivity contribution in [3.63, 3.8) is 0 Å². The van der Waals surface area contributed by atoms with Gasteiger partial charge in [0.1, 0.15) is 0 Å². The Balaban J connectivity index is 2.73. The van der Waals surface area contributed by atoms with Gasteiger partial charge in [-0.15, -0.1) is 0 Å². The van der Waals surface area contributed by atoms with Crippen LogP contribution in [0.3, 0.4) is 0 Å². The van der Waals surface area contributed by atoms with Crippen molar-refractivity contribution >= 4 is 11.5 Å². The molecule has 0 radical (unpaired) electrons. The van der Waals surface area contributed by atoms with E-state index >= 15 is 0 Å². The summed E-state index contributed by atoms with van der Waals surface area (Å²) in [5.74, 6) is -6.50. The van der Waals surface area contributed by atoms with Gasteiger partial charge in [0.15, 0.2) is 11.6 Å². The van der Waals surface area contributed by atoms with Gasteiger partial charge in [0.2, 0.25) is 17.2 Å². The molecule has 0 saturated carbocycles. The van der Waals surface area contributed by atoms with Crippen molar-refractivity contribution in [1.29, 1.82) is 0 Å².